The maximum atomic E-state index is 13.6. The molecule has 1 unspecified atom stereocenters. The van der Waals surface area contributed by atoms with Gasteiger partial charge in [-0.3, -0.25) is 0 Å². The molecular formula is C14H19ClF2. The van der Waals surface area contributed by atoms with Crippen molar-refractivity contribution in [1.29, 1.82) is 0 Å². The largest absolute Gasteiger partial charge is 0.207 e. The number of alkyl halides is 1. The minimum Gasteiger partial charge on any atom is -0.207 e. The topological polar surface area (TPSA) is 0 Å². The Hall–Kier alpha value is -0.630. The van der Waals surface area contributed by atoms with E-state index in [1.165, 1.54) is 12.1 Å². The normalized spacial score (nSPS) is 13.1. The fraction of sp³-hybridized carbons (Fsp3) is 0.571. The summed E-state index contributed by atoms with van der Waals surface area (Å²) in [4.78, 5) is 0. The van der Waals surface area contributed by atoms with Gasteiger partial charge >= 0.3 is 0 Å². The van der Waals surface area contributed by atoms with Gasteiger partial charge in [0.2, 0.25) is 0 Å². The summed E-state index contributed by atoms with van der Waals surface area (Å²) in [6, 6.07) is 3.63. The maximum absolute atomic E-state index is 13.6. The van der Waals surface area contributed by atoms with E-state index < -0.39 is 11.6 Å². The highest BCUT2D eigenvalue weighted by molar-refractivity contribution is 6.21. The Morgan fingerprint density at radius 3 is 2.18 bits per heavy atom. The van der Waals surface area contributed by atoms with E-state index in [4.69, 9.17) is 11.6 Å². The van der Waals surface area contributed by atoms with E-state index >= 15 is 0 Å². The van der Waals surface area contributed by atoms with Gasteiger partial charge in [-0.25, -0.2) is 8.78 Å². The van der Waals surface area contributed by atoms with Crippen molar-refractivity contribution < 1.29 is 8.78 Å². The second-order valence-corrected chi connectivity index (χ2v) is 4.88. The first-order valence-electron chi connectivity index (χ1n) is 6.19. The van der Waals surface area contributed by atoms with Crippen LogP contribution in [0.4, 0.5) is 8.78 Å². The predicted molar refractivity (Wildman–Crippen MR) is 68.3 cm³/mol. The second kappa shape index (κ2) is 6.95. The molecule has 0 nitrogen and oxygen atoms in total. The molecule has 17 heavy (non-hydrogen) atoms. The van der Waals surface area contributed by atoms with E-state index in [2.05, 4.69) is 13.8 Å². The van der Waals surface area contributed by atoms with Crippen LogP contribution in [0.25, 0.3) is 0 Å². The Labute approximate surface area is 107 Å². The summed E-state index contributed by atoms with van der Waals surface area (Å²) in [6.07, 6.45) is 3.99. The first-order chi connectivity index (χ1) is 8.10. The third-order valence-electron chi connectivity index (χ3n) is 2.99. The smallest absolute Gasteiger partial charge is 0.130 e. The van der Waals surface area contributed by atoms with Crippen LogP contribution in [0.3, 0.4) is 0 Å². The molecule has 0 saturated heterocycles. The first-order valence-corrected chi connectivity index (χ1v) is 6.62. The fourth-order valence-electron chi connectivity index (χ4n) is 2.16. The number of rotatable bonds is 6. The lowest BCUT2D eigenvalue weighted by atomic mass is 9.90. The quantitative estimate of drug-likeness (QED) is 0.596. The minimum atomic E-state index is -0.558. The van der Waals surface area contributed by atoms with Crippen LogP contribution >= 0.6 is 11.6 Å². The summed E-state index contributed by atoms with van der Waals surface area (Å²) in [6.45, 7) is 4.18. The number of halogens is 3. The molecule has 0 aromatic heterocycles. The first kappa shape index (κ1) is 14.4. The fourth-order valence-corrected chi connectivity index (χ4v) is 2.59. The zero-order valence-corrected chi connectivity index (χ0v) is 11.1. The van der Waals surface area contributed by atoms with E-state index in [9.17, 15) is 8.78 Å². The van der Waals surface area contributed by atoms with Gasteiger partial charge in [-0.05, 0) is 24.8 Å². The lowest BCUT2D eigenvalue weighted by molar-refractivity contribution is 0.417. The third kappa shape index (κ3) is 3.95. The second-order valence-electron chi connectivity index (χ2n) is 4.41. The Morgan fingerprint density at radius 1 is 1.12 bits per heavy atom. The van der Waals surface area contributed by atoms with Crippen molar-refractivity contribution in [3.05, 3.63) is 35.4 Å². The van der Waals surface area contributed by atoms with E-state index in [1.54, 1.807) is 0 Å². The van der Waals surface area contributed by atoms with E-state index in [1.807, 2.05) is 0 Å². The van der Waals surface area contributed by atoms with Crippen LogP contribution in [0.1, 0.15) is 50.5 Å². The van der Waals surface area contributed by atoms with E-state index in [0.717, 1.165) is 31.7 Å². The van der Waals surface area contributed by atoms with Crippen molar-refractivity contribution in [2.45, 2.75) is 44.9 Å². The molecule has 1 aromatic rings. The number of benzene rings is 1. The Balaban J connectivity index is 2.88. The highest BCUT2D eigenvalue weighted by atomic mass is 35.5. The summed E-state index contributed by atoms with van der Waals surface area (Å²) in [5.41, 5.74) is 0.417. The van der Waals surface area contributed by atoms with Crippen molar-refractivity contribution >= 4 is 11.6 Å². The molecule has 0 bridgehead atoms. The standard InChI is InChI=1S/C14H19ClF2/c1-3-5-10(6-4-2)14(15)12-8-7-11(16)9-13(12)17/h7-10,14H,3-6H2,1-2H3. The van der Waals surface area contributed by atoms with Gasteiger partial charge in [0.15, 0.2) is 0 Å². The van der Waals surface area contributed by atoms with Gasteiger partial charge in [0.25, 0.3) is 0 Å². The molecule has 0 saturated carbocycles. The molecule has 1 rings (SSSR count). The summed E-state index contributed by atoms with van der Waals surface area (Å²) < 4.78 is 26.4. The SMILES string of the molecule is CCCC(CCC)C(Cl)c1ccc(F)cc1F. The highest BCUT2D eigenvalue weighted by Crippen LogP contribution is 2.36. The molecule has 0 radical (unpaired) electrons. The van der Waals surface area contributed by atoms with Crippen molar-refractivity contribution in [3.8, 4) is 0 Å². The molecule has 1 atom stereocenters. The van der Waals surface area contributed by atoms with Gasteiger partial charge < -0.3 is 0 Å². The molecule has 0 heterocycles. The van der Waals surface area contributed by atoms with Crippen molar-refractivity contribution in [1.82, 2.24) is 0 Å². The Morgan fingerprint density at radius 2 is 1.71 bits per heavy atom. The van der Waals surface area contributed by atoms with Gasteiger partial charge in [0, 0.05) is 11.6 Å². The molecule has 0 aliphatic heterocycles. The predicted octanol–water partition coefficient (Wildman–Crippen LogP) is 5.46. The molecule has 0 N–H and O–H groups in total. The zero-order valence-electron chi connectivity index (χ0n) is 10.3. The molecular weight excluding hydrogens is 242 g/mol. The van der Waals surface area contributed by atoms with Crippen LogP contribution < -0.4 is 0 Å². The highest BCUT2D eigenvalue weighted by Gasteiger charge is 2.22. The van der Waals surface area contributed by atoms with Crippen LogP contribution in [0.2, 0.25) is 0 Å². The van der Waals surface area contributed by atoms with Crippen LogP contribution in [-0.4, -0.2) is 0 Å². The summed E-state index contributed by atoms with van der Waals surface area (Å²) in [5.74, 6) is -0.841. The van der Waals surface area contributed by atoms with Crippen molar-refractivity contribution in [2.75, 3.05) is 0 Å². The zero-order chi connectivity index (χ0) is 12.8. The van der Waals surface area contributed by atoms with Gasteiger partial charge in [-0.2, -0.15) is 0 Å². The van der Waals surface area contributed by atoms with Crippen LogP contribution in [0.15, 0.2) is 18.2 Å². The number of hydrogen-bond acceptors (Lipinski definition) is 0. The van der Waals surface area contributed by atoms with E-state index in [-0.39, 0.29) is 11.3 Å². The van der Waals surface area contributed by atoms with E-state index in [0.29, 0.717) is 5.56 Å². The van der Waals surface area contributed by atoms with Crippen LogP contribution in [0.5, 0.6) is 0 Å². The lowest BCUT2D eigenvalue weighted by Gasteiger charge is -2.22. The monoisotopic (exact) mass is 260 g/mol. The molecule has 0 spiro atoms. The molecule has 3 heteroatoms. The van der Waals surface area contributed by atoms with Crippen molar-refractivity contribution in [3.63, 3.8) is 0 Å². The van der Waals surface area contributed by atoms with Gasteiger partial charge in [0.05, 0.1) is 5.38 Å². The average molecular weight is 261 g/mol. The summed E-state index contributed by atoms with van der Waals surface area (Å²) in [7, 11) is 0. The maximum Gasteiger partial charge on any atom is 0.130 e. The molecule has 1 aromatic carbocycles. The molecule has 0 fully saturated rings. The van der Waals surface area contributed by atoms with Crippen LogP contribution in [-0.2, 0) is 0 Å². The van der Waals surface area contributed by atoms with Crippen molar-refractivity contribution in [2.24, 2.45) is 5.92 Å². The van der Waals surface area contributed by atoms with Gasteiger partial charge in [0.1, 0.15) is 11.6 Å². The van der Waals surface area contributed by atoms with Gasteiger partial charge in [-0.15, -0.1) is 11.6 Å². The summed E-state index contributed by atoms with van der Waals surface area (Å²) >= 11 is 6.32. The van der Waals surface area contributed by atoms with Crippen LogP contribution in [0, 0.1) is 17.6 Å². The van der Waals surface area contributed by atoms with Gasteiger partial charge in [-0.1, -0.05) is 32.8 Å². The Bertz CT molecular complexity index is 346. The molecule has 96 valence electrons. The third-order valence-corrected chi connectivity index (χ3v) is 3.58. The summed E-state index contributed by atoms with van der Waals surface area (Å²) in [5, 5.41) is -0.365. The molecule has 0 amide bonds. The lowest BCUT2D eigenvalue weighted by Crippen LogP contribution is -2.09. The average Bonchev–Trinajstić information content (AvgIpc) is 2.28. The molecule has 0 aliphatic carbocycles. The minimum absolute atomic E-state index is 0.256. The molecule has 0 aliphatic rings. The number of hydrogen-bond donors (Lipinski definition) is 0. The Kier molecular flexibility index (Phi) is 5.90.